The summed E-state index contributed by atoms with van der Waals surface area (Å²) in [7, 11) is 0. The van der Waals surface area contributed by atoms with E-state index in [1.807, 2.05) is 24.3 Å². The van der Waals surface area contributed by atoms with E-state index in [-0.39, 0.29) is 5.95 Å². The molecule has 3 rings (SSSR count). The van der Waals surface area contributed by atoms with E-state index < -0.39 is 0 Å². The van der Waals surface area contributed by atoms with Crippen molar-refractivity contribution in [1.29, 1.82) is 5.26 Å². The van der Waals surface area contributed by atoms with Gasteiger partial charge in [-0.25, -0.2) is 9.97 Å². The molecule has 0 amide bonds. The van der Waals surface area contributed by atoms with Crippen molar-refractivity contribution in [2.75, 3.05) is 18.1 Å². The fourth-order valence-corrected chi connectivity index (χ4v) is 3.17. The van der Waals surface area contributed by atoms with Crippen LogP contribution in [0.3, 0.4) is 0 Å². The molecule has 23 heavy (non-hydrogen) atoms. The Hall–Kier alpha value is -2.59. The van der Waals surface area contributed by atoms with Crippen LogP contribution in [0.25, 0.3) is 5.76 Å². The van der Waals surface area contributed by atoms with E-state index in [9.17, 15) is 5.26 Å². The Morgan fingerprint density at radius 2 is 2.26 bits per heavy atom. The maximum absolute atomic E-state index is 9.49. The standard InChI is InChI=1S/C16H15N5OS/c17-10-12-14(13-5-3-8-22-13)20-16(18)21-15(12)23-9-6-11-4-1-2-7-19-11/h1-2,4-5,7H,3,6,8-9H2,(H2,18,20,21). The van der Waals surface area contributed by atoms with Crippen LogP contribution in [0.2, 0.25) is 0 Å². The van der Waals surface area contributed by atoms with Crippen molar-refractivity contribution in [2.45, 2.75) is 17.9 Å². The zero-order chi connectivity index (χ0) is 16.1. The minimum absolute atomic E-state index is 0.149. The number of aryl methyl sites for hydroxylation is 1. The van der Waals surface area contributed by atoms with Gasteiger partial charge in [0.05, 0.1) is 6.61 Å². The molecule has 0 aliphatic carbocycles. The molecule has 6 nitrogen and oxygen atoms in total. The lowest BCUT2D eigenvalue weighted by atomic mass is 10.2. The maximum Gasteiger partial charge on any atom is 0.221 e. The molecule has 0 spiro atoms. The van der Waals surface area contributed by atoms with Gasteiger partial charge < -0.3 is 10.5 Å². The maximum atomic E-state index is 9.49. The molecule has 0 atom stereocenters. The topological polar surface area (TPSA) is 97.7 Å². The quantitative estimate of drug-likeness (QED) is 0.666. The molecule has 2 aromatic rings. The van der Waals surface area contributed by atoms with Crippen molar-refractivity contribution in [3.8, 4) is 6.07 Å². The number of nitrogens with two attached hydrogens (primary N) is 1. The lowest BCUT2D eigenvalue weighted by Gasteiger charge is -2.10. The average molecular weight is 325 g/mol. The molecule has 1 aliphatic heterocycles. The van der Waals surface area contributed by atoms with Crippen LogP contribution in [-0.2, 0) is 11.2 Å². The van der Waals surface area contributed by atoms with E-state index in [0.717, 1.165) is 24.3 Å². The monoisotopic (exact) mass is 325 g/mol. The molecule has 0 bridgehead atoms. The second kappa shape index (κ2) is 7.11. The first kappa shape index (κ1) is 15.3. The predicted molar refractivity (Wildman–Crippen MR) is 88.4 cm³/mol. The van der Waals surface area contributed by atoms with Crippen LogP contribution in [0.15, 0.2) is 35.5 Å². The van der Waals surface area contributed by atoms with E-state index in [2.05, 4.69) is 21.0 Å². The number of thioether (sulfide) groups is 1. The van der Waals surface area contributed by atoms with Crippen LogP contribution in [0.4, 0.5) is 5.95 Å². The van der Waals surface area contributed by atoms with Crippen molar-refractivity contribution in [2.24, 2.45) is 0 Å². The number of aromatic nitrogens is 3. The normalized spacial score (nSPS) is 13.3. The molecule has 2 aromatic heterocycles. The minimum Gasteiger partial charge on any atom is -0.491 e. The van der Waals surface area contributed by atoms with Gasteiger partial charge in [0.2, 0.25) is 5.95 Å². The van der Waals surface area contributed by atoms with Gasteiger partial charge in [-0.1, -0.05) is 6.07 Å². The van der Waals surface area contributed by atoms with Crippen molar-refractivity contribution in [3.05, 3.63) is 47.4 Å². The van der Waals surface area contributed by atoms with Crippen molar-refractivity contribution >= 4 is 23.5 Å². The van der Waals surface area contributed by atoms with Crippen LogP contribution in [0.1, 0.15) is 23.4 Å². The molecule has 0 fully saturated rings. The lowest BCUT2D eigenvalue weighted by Crippen LogP contribution is -2.05. The Labute approximate surface area is 138 Å². The molecule has 2 N–H and O–H groups in total. The molecular weight excluding hydrogens is 310 g/mol. The Morgan fingerprint density at radius 3 is 2.96 bits per heavy atom. The molecule has 0 unspecified atom stereocenters. The molecule has 0 saturated carbocycles. The molecule has 0 radical (unpaired) electrons. The number of hydrogen-bond donors (Lipinski definition) is 1. The number of anilines is 1. The smallest absolute Gasteiger partial charge is 0.221 e. The summed E-state index contributed by atoms with van der Waals surface area (Å²) in [6.45, 7) is 0.603. The van der Waals surface area contributed by atoms with Gasteiger partial charge in [-0.2, -0.15) is 5.26 Å². The highest BCUT2D eigenvalue weighted by molar-refractivity contribution is 7.99. The van der Waals surface area contributed by atoms with Crippen LogP contribution < -0.4 is 5.73 Å². The first-order valence-electron chi connectivity index (χ1n) is 7.21. The van der Waals surface area contributed by atoms with Crippen LogP contribution in [0.5, 0.6) is 0 Å². The molecule has 116 valence electrons. The Morgan fingerprint density at radius 1 is 1.35 bits per heavy atom. The summed E-state index contributed by atoms with van der Waals surface area (Å²) >= 11 is 1.48. The van der Waals surface area contributed by atoms with Crippen LogP contribution in [-0.4, -0.2) is 27.3 Å². The van der Waals surface area contributed by atoms with Gasteiger partial charge in [0, 0.05) is 24.1 Å². The Kier molecular flexibility index (Phi) is 4.74. The van der Waals surface area contributed by atoms with Gasteiger partial charge in [0.1, 0.15) is 28.1 Å². The van der Waals surface area contributed by atoms with Crippen LogP contribution >= 0.6 is 11.8 Å². The Bertz CT molecular complexity index is 770. The number of pyridine rings is 1. The predicted octanol–water partition coefficient (Wildman–Crippen LogP) is 2.42. The summed E-state index contributed by atoms with van der Waals surface area (Å²) in [6.07, 6.45) is 5.29. The zero-order valence-corrected chi connectivity index (χ0v) is 13.2. The first-order valence-corrected chi connectivity index (χ1v) is 8.20. The molecule has 0 saturated heterocycles. The fraction of sp³-hybridized carbons (Fsp3) is 0.250. The fourth-order valence-electron chi connectivity index (χ4n) is 2.22. The minimum atomic E-state index is 0.149. The highest BCUT2D eigenvalue weighted by Crippen LogP contribution is 2.30. The van der Waals surface area contributed by atoms with Gasteiger partial charge in [-0.05, 0) is 24.6 Å². The van der Waals surface area contributed by atoms with E-state index in [0.29, 0.717) is 28.6 Å². The average Bonchev–Trinajstić information content (AvgIpc) is 3.10. The van der Waals surface area contributed by atoms with E-state index in [1.54, 1.807) is 6.20 Å². The third kappa shape index (κ3) is 3.60. The third-order valence-electron chi connectivity index (χ3n) is 3.27. The van der Waals surface area contributed by atoms with E-state index in [4.69, 9.17) is 10.5 Å². The number of hydrogen-bond acceptors (Lipinski definition) is 7. The summed E-state index contributed by atoms with van der Waals surface area (Å²) in [5.41, 5.74) is 7.70. The molecule has 1 aliphatic rings. The summed E-state index contributed by atoms with van der Waals surface area (Å²) in [4.78, 5) is 12.7. The van der Waals surface area contributed by atoms with E-state index in [1.165, 1.54) is 11.8 Å². The number of ether oxygens (including phenoxy) is 1. The summed E-state index contributed by atoms with van der Waals surface area (Å²) < 4.78 is 5.51. The van der Waals surface area contributed by atoms with Crippen molar-refractivity contribution < 1.29 is 4.74 Å². The summed E-state index contributed by atoms with van der Waals surface area (Å²) in [5, 5.41) is 10.1. The SMILES string of the molecule is N#Cc1c(SCCc2ccccn2)nc(N)nc1C1=CCCO1. The molecule has 3 heterocycles. The lowest BCUT2D eigenvalue weighted by molar-refractivity contribution is 0.306. The second-order valence-corrected chi connectivity index (χ2v) is 5.93. The number of nitriles is 1. The van der Waals surface area contributed by atoms with Gasteiger partial charge in [0.25, 0.3) is 0 Å². The summed E-state index contributed by atoms with van der Waals surface area (Å²) in [6, 6.07) is 8.00. The molecule has 0 aromatic carbocycles. The number of rotatable bonds is 5. The van der Waals surface area contributed by atoms with Gasteiger partial charge in [-0.3, -0.25) is 4.98 Å². The van der Waals surface area contributed by atoms with Gasteiger partial charge in [-0.15, -0.1) is 11.8 Å². The highest BCUT2D eigenvalue weighted by Gasteiger charge is 2.20. The number of nitrogens with zero attached hydrogens (tertiary/aromatic N) is 4. The molecule has 7 heteroatoms. The largest absolute Gasteiger partial charge is 0.491 e. The van der Waals surface area contributed by atoms with Crippen molar-refractivity contribution in [1.82, 2.24) is 15.0 Å². The Balaban J connectivity index is 1.80. The van der Waals surface area contributed by atoms with Crippen LogP contribution in [0, 0.1) is 11.3 Å². The number of nitrogen functional groups attached to an aromatic ring is 1. The van der Waals surface area contributed by atoms with E-state index >= 15 is 0 Å². The van der Waals surface area contributed by atoms with Crippen molar-refractivity contribution in [3.63, 3.8) is 0 Å². The van der Waals surface area contributed by atoms with Gasteiger partial charge in [0.15, 0.2) is 0 Å². The second-order valence-electron chi connectivity index (χ2n) is 4.85. The summed E-state index contributed by atoms with van der Waals surface area (Å²) in [5.74, 6) is 1.51. The zero-order valence-electron chi connectivity index (χ0n) is 12.4. The van der Waals surface area contributed by atoms with Gasteiger partial charge >= 0.3 is 0 Å². The first-order chi connectivity index (χ1) is 11.3. The highest BCUT2D eigenvalue weighted by atomic mass is 32.2. The molecular formula is C16H15N5OS. The third-order valence-corrected chi connectivity index (χ3v) is 4.24.